The van der Waals surface area contributed by atoms with E-state index in [1.807, 2.05) is 0 Å². The summed E-state index contributed by atoms with van der Waals surface area (Å²) in [7, 11) is 0. The number of hydrogen-bond donors (Lipinski definition) is 1. The van der Waals surface area contributed by atoms with Crippen LogP contribution in [0.4, 0.5) is 5.82 Å². The number of rotatable bonds is 6. The maximum atomic E-state index is 12.3. The van der Waals surface area contributed by atoms with Crippen molar-refractivity contribution in [2.45, 2.75) is 0 Å². The van der Waals surface area contributed by atoms with Crippen LogP contribution < -0.4 is 10.2 Å². The molecule has 2 fully saturated rings. The molecule has 2 aliphatic rings. The summed E-state index contributed by atoms with van der Waals surface area (Å²) in [5, 5.41) is 2.91. The molecule has 136 valence electrons. The van der Waals surface area contributed by atoms with Crippen molar-refractivity contribution in [3.63, 3.8) is 0 Å². The fourth-order valence-electron chi connectivity index (χ4n) is 2.94. The van der Waals surface area contributed by atoms with Gasteiger partial charge in [0.2, 0.25) is 6.41 Å². The summed E-state index contributed by atoms with van der Waals surface area (Å²) in [4.78, 5) is 37.5. The lowest BCUT2D eigenvalue weighted by Crippen LogP contribution is -2.46. The number of hydrogen-bond acceptors (Lipinski definition) is 7. The molecule has 3 heterocycles. The van der Waals surface area contributed by atoms with Gasteiger partial charge in [0.25, 0.3) is 5.91 Å². The van der Waals surface area contributed by atoms with Gasteiger partial charge in [-0.1, -0.05) is 0 Å². The van der Waals surface area contributed by atoms with Crippen LogP contribution in [-0.4, -0.2) is 97.7 Å². The smallest absolute Gasteiger partial charge is 0.270 e. The largest absolute Gasteiger partial charge is 0.379 e. The van der Waals surface area contributed by atoms with Crippen LogP contribution in [-0.2, 0) is 9.53 Å². The number of nitrogens with one attached hydrogen (secondary N) is 1. The van der Waals surface area contributed by atoms with Gasteiger partial charge in [0, 0.05) is 58.4 Å². The molecule has 0 spiro atoms. The van der Waals surface area contributed by atoms with Crippen molar-refractivity contribution in [1.82, 2.24) is 25.1 Å². The lowest BCUT2D eigenvalue weighted by Gasteiger charge is -2.33. The molecule has 2 amide bonds. The van der Waals surface area contributed by atoms with E-state index >= 15 is 0 Å². The molecule has 9 heteroatoms. The minimum atomic E-state index is -0.191. The van der Waals surface area contributed by atoms with Gasteiger partial charge < -0.3 is 19.9 Å². The first kappa shape index (κ1) is 17.6. The second-order valence-electron chi connectivity index (χ2n) is 6.10. The Bertz CT molecular complexity index is 585. The summed E-state index contributed by atoms with van der Waals surface area (Å²) in [6, 6.07) is 1.71. The lowest BCUT2D eigenvalue weighted by atomic mass is 10.3. The molecule has 0 bridgehead atoms. The number of nitrogens with zero attached hydrogens (tertiary/aromatic N) is 5. The average molecular weight is 348 g/mol. The summed E-state index contributed by atoms with van der Waals surface area (Å²) in [5.41, 5.74) is 0.366. The highest BCUT2D eigenvalue weighted by molar-refractivity contribution is 5.92. The molecule has 0 aromatic carbocycles. The van der Waals surface area contributed by atoms with Gasteiger partial charge in [-0.15, -0.1) is 0 Å². The van der Waals surface area contributed by atoms with E-state index in [2.05, 4.69) is 25.1 Å². The Morgan fingerprint density at radius 2 is 1.92 bits per heavy atom. The molecular formula is C16H24N6O3. The van der Waals surface area contributed by atoms with Crippen LogP contribution in [0.2, 0.25) is 0 Å². The van der Waals surface area contributed by atoms with E-state index in [1.165, 1.54) is 6.33 Å². The number of morpholine rings is 1. The molecule has 0 unspecified atom stereocenters. The van der Waals surface area contributed by atoms with Crippen LogP contribution in [0, 0.1) is 0 Å². The van der Waals surface area contributed by atoms with Gasteiger partial charge in [-0.2, -0.15) is 0 Å². The standard InChI is InChI=1S/C16H24N6O3/c23-13-21-3-5-22(6-4-21)15-11-14(18-12-19-15)16(24)17-1-2-20-7-9-25-10-8-20/h11-13H,1-10H2,(H,17,24). The molecule has 1 aromatic rings. The zero-order chi connectivity index (χ0) is 17.5. The van der Waals surface area contributed by atoms with Crippen LogP contribution in [0.3, 0.4) is 0 Å². The van der Waals surface area contributed by atoms with E-state index < -0.39 is 0 Å². The molecule has 0 aliphatic carbocycles. The molecule has 1 aromatic heterocycles. The quantitative estimate of drug-likeness (QED) is 0.647. The van der Waals surface area contributed by atoms with E-state index in [-0.39, 0.29) is 5.91 Å². The summed E-state index contributed by atoms with van der Waals surface area (Å²) in [6.45, 7) is 7.42. The summed E-state index contributed by atoms with van der Waals surface area (Å²) in [6.07, 6.45) is 2.28. The molecule has 3 rings (SSSR count). The van der Waals surface area contributed by atoms with Crippen molar-refractivity contribution in [3.05, 3.63) is 18.1 Å². The third-order valence-corrected chi connectivity index (χ3v) is 4.49. The fourth-order valence-corrected chi connectivity index (χ4v) is 2.94. The van der Waals surface area contributed by atoms with Crippen LogP contribution >= 0.6 is 0 Å². The first-order valence-corrected chi connectivity index (χ1v) is 8.61. The zero-order valence-corrected chi connectivity index (χ0v) is 14.3. The number of carbonyl (C=O) groups excluding carboxylic acids is 2. The third kappa shape index (κ3) is 4.86. The minimum Gasteiger partial charge on any atom is -0.379 e. The van der Waals surface area contributed by atoms with Crippen LogP contribution in [0.25, 0.3) is 0 Å². The van der Waals surface area contributed by atoms with E-state index in [9.17, 15) is 9.59 Å². The monoisotopic (exact) mass is 348 g/mol. The van der Waals surface area contributed by atoms with Gasteiger partial charge in [-0.05, 0) is 0 Å². The molecule has 25 heavy (non-hydrogen) atoms. The topological polar surface area (TPSA) is 90.9 Å². The highest BCUT2D eigenvalue weighted by Gasteiger charge is 2.18. The number of amides is 2. The molecule has 2 saturated heterocycles. The Balaban J connectivity index is 1.50. The third-order valence-electron chi connectivity index (χ3n) is 4.49. The van der Waals surface area contributed by atoms with E-state index in [4.69, 9.17) is 4.74 Å². The summed E-state index contributed by atoms with van der Waals surface area (Å²) >= 11 is 0. The van der Waals surface area contributed by atoms with Gasteiger partial charge >= 0.3 is 0 Å². The molecule has 0 radical (unpaired) electrons. The Morgan fingerprint density at radius 1 is 1.16 bits per heavy atom. The maximum absolute atomic E-state index is 12.3. The average Bonchev–Trinajstić information content (AvgIpc) is 2.69. The number of anilines is 1. The number of aromatic nitrogens is 2. The van der Waals surface area contributed by atoms with Crippen molar-refractivity contribution >= 4 is 18.1 Å². The van der Waals surface area contributed by atoms with E-state index in [0.29, 0.717) is 38.4 Å². The van der Waals surface area contributed by atoms with Gasteiger partial charge in [-0.3, -0.25) is 14.5 Å². The lowest BCUT2D eigenvalue weighted by molar-refractivity contribution is -0.118. The molecular weight excluding hydrogens is 324 g/mol. The first-order chi connectivity index (χ1) is 12.3. The SMILES string of the molecule is O=CN1CCN(c2cc(C(=O)NCCN3CCOCC3)ncn2)CC1. The first-order valence-electron chi connectivity index (χ1n) is 8.61. The maximum Gasteiger partial charge on any atom is 0.270 e. The minimum absolute atomic E-state index is 0.191. The van der Waals surface area contributed by atoms with Crippen molar-refractivity contribution in [2.24, 2.45) is 0 Å². The highest BCUT2D eigenvalue weighted by atomic mass is 16.5. The van der Waals surface area contributed by atoms with Crippen LogP contribution in [0.15, 0.2) is 12.4 Å². The van der Waals surface area contributed by atoms with Crippen molar-refractivity contribution in [2.75, 3.05) is 70.5 Å². The molecule has 0 atom stereocenters. The predicted octanol–water partition coefficient (Wildman–Crippen LogP) is -1.18. The Hall–Kier alpha value is -2.26. The Labute approximate surface area is 147 Å². The Morgan fingerprint density at radius 3 is 2.64 bits per heavy atom. The van der Waals surface area contributed by atoms with Crippen LogP contribution in [0.1, 0.15) is 10.5 Å². The predicted molar refractivity (Wildman–Crippen MR) is 91.5 cm³/mol. The van der Waals surface area contributed by atoms with Crippen molar-refractivity contribution in [3.8, 4) is 0 Å². The number of ether oxygens (including phenoxy) is 1. The zero-order valence-electron chi connectivity index (χ0n) is 14.3. The second kappa shape index (κ2) is 8.72. The second-order valence-corrected chi connectivity index (χ2v) is 6.10. The molecule has 9 nitrogen and oxygen atoms in total. The van der Waals surface area contributed by atoms with Crippen molar-refractivity contribution < 1.29 is 14.3 Å². The molecule has 0 saturated carbocycles. The van der Waals surface area contributed by atoms with Crippen LogP contribution in [0.5, 0.6) is 0 Å². The van der Waals surface area contributed by atoms with E-state index in [1.54, 1.807) is 11.0 Å². The van der Waals surface area contributed by atoms with Crippen molar-refractivity contribution in [1.29, 1.82) is 0 Å². The van der Waals surface area contributed by atoms with Gasteiger partial charge in [0.05, 0.1) is 13.2 Å². The van der Waals surface area contributed by atoms with Gasteiger partial charge in [-0.25, -0.2) is 9.97 Å². The summed E-state index contributed by atoms with van der Waals surface area (Å²) < 4.78 is 5.31. The number of piperazine rings is 1. The fraction of sp³-hybridized carbons (Fsp3) is 0.625. The van der Waals surface area contributed by atoms with E-state index in [0.717, 1.165) is 45.1 Å². The van der Waals surface area contributed by atoms with Gasteiger partial charge in [0.1, 0.15) is 17.8 Å². The molecule has 1 N–H and O–H groups in total. The van der Waals surface area contributed by atoms with Gasteiger partial charge in [0.15, 0.2) is 0 Å². The normalized spacial score (nSPS) is 18.9. The summed E-state index contributed by atoms with van der Waals surface area (Å²) in [5.74, 6) is 0.530. The Kier molecular flexibility index (Phi) is 6.13. The molecule has 2 aliphatic heterocycles. The highest BCUT2D eigenvalue weighted by Crippen LogP contribution is 2.13. The number of carbonyl (C=O) groups is 2.